The molecule has 5 nitrogen and oxygen atoms in total. The summed E-state index contributed by atoms with van der Waals surface area (Å²) in [6.45, 7) is 7.18. The summed E-state index contributed by atoms with van der Waals surface area (Å²) >= 11 is 0. The first-order valence-electron chi connectivity index (χ1n) is 9.81. The number of carbonyl (C=O) groups excluding carboxylic acids is 1. The number of carbonyl (C=O) groups is 1. The standard InChI is InChI=1S/C23H27N3O2/c1-3-26(4-2)17-16-21(18-10-6-5-7-11-18)25-23(27)28-22-15-14-19-12-8-9-13-20(19)24-22/h5-15,21H,3-4,16-17H2,1-2H3,(H,25,27). The lowest BCUT2D eigenvalue weighted by Crippen LogP contribution is -2.34. The molecule has 1 aromatic heterocycles. The van der Waals surface area contributed by atoms with Crippen molar-refractivity contribution in [1.82, 2.24) is 15.2 Å². The molecule has 0 aliphatic heterocycles. The summed E-state index contributed by atoms with van der Waals surface area (Å²) in [6.07, 6.45) is 0.322. The van der Waals surface area contributed by atoms with E-state index < -0.39 is 6.09 Å². The Morgan fingerprint density at radius 3 is 2.46 bits per heavy atom. The molecule has 1 atom stereocenters. The van der Waals surface area contributed by atoms with Crippen molar-refractivity contribution in [3.63, 3.8) is 0 Å². The van der Waals surface area contributed by atoms with Gasteiger partial charge < -0.3 is 15.0 Å². The van der Waals surface area contributed by atoms with Gasteiger partial charge in [-0.15, -0.1) is 0 Å². The summed E-state index contributed by atoms with van der Waals surface area (Å²) < 4.78 is 5.46. The van der Waals surface area contributed by atoms with Crippen molar-refractivity contribution in [2.24, 2.45) is 0 Å². The highest BCUT2D eigenvalue weighted by Crippen LogP contribution is 2.19. The second kappa shape index (κ2) is 9.85. The molecule has 0 aliphatic carbocycles. The summed E-state index contributed by atoms with van der Waals surface area (Å²) in [5.74, 6) is 0.298. The molecule has 1 heterocycles. The third-order valence-corrected chi connectivity index (χ3v) is 4.89. The number of aromatic nitrogens is 1. The monoisotopic (exact) mass is 377 g/mol. The predicted molar refractivity (Wildman–Crippen MR) is 112 cm³/mol. The zero-order chi connectivity index (χ0) is 19.8. The Labute approximate surface area is 166 Å². The number of benzene rings is 2. The molecule has 3 aromatic rings. The largest absolute Gasteiger partial charge is 0.414 e. The topological polar surface area (TPSA) is 54.5 Å². The number of hydrogen-bond acceptors (Lipinski definition) is 4. The van der Waals surface area contributed by atoms with Crippen molar-refractivity contribution in [1.29, 1.82) is 0 Å². The summed E-state index contributed by atoms with van der Waals surface area (Å²) in [6, 6.07) is 21.3. The average Bonchev–Trinajstić information content (AvgIpc) is 2.74. The van der Waals surface area contributed by atoms with Crippen LogP contribution in [-0.2, 0) is 0 Å². The van der Waals surface area contributed by atoms with Crippen LogP contribution < -0.4 is 10.1 Å². The highest BCUT2D eigenvalue weighted by Gasteiger charge is 2.17. The van der Waals surface area contributed by atoms with E-state index in [0.29, 0.717) is 5.88 Å². The number of rotatable bonds is 8. The highest BCUT2D eigenvalue weighted by atomic mass is 16.6. The third-order valence-electron chi connectivity index (χ3n) is 4.89. The number of fused-ring (bicyclic) bond motifs is 1. The molecule has 0 saturated carbocycles. The first-order chi connectivity index (χ1) is 13.7. The summed E-state index contributed by atoms with van der Waals surface area (Å²) in [5, 5.41) is 4.02. The van der Waals surface area contributed by atoms with E-state index in [9.17, 15) is 4.79 Å². The molecule has 146 valence electrons. The average molecular weight is 377 g/mol. The predicted octanol–water partition coefficient (Wildman–Crippen LogP) is 4.80. The molecule has 0 spiro atoms. The minimum absolute atomic E-state index is 0.116. The van der Waals surface area contributed by atoms with E-state index in [-0.39, 0.29) is 6.04 Å². The molecule has 1 N–H and O–H groups in total. The van der Waals surface area contributed by atoms with Crippen molar-refractivity contribution >= 4 is 17.0 Å². The number of nitrogens with one attached hydrogen (secondary N) is 1. The van der Waals surface area contributed by atoms with Crippen LogP contribution >= 0.6 is 0 Å². The molecular formula is C23H27N3O2. The third kappa shape index (κ3) is 5.30. The van der Waals surface area contributed by atoms with Crippen LogP contribution in [0.15, 0.2) is 66.7 Å². The van der Waals surface area contributed by atoms with Gasteiger partial charge in [0, 0.05) is 18.0 Å². The Morgan fingerprint density at radius 2 is 1.71 bits per heavy atom. The van der Waals surface area contributed by atoms with E-state index in [2.05, 4.69) is 29.0 Å². The Balaban J connectivity index is 1.68. The molecule has 0 aliphatic rings. The SMILES string of the molecule is CCN(CC)CCC(NC(=O)Oc1ccc2ccccc2n1)c1ccccc1. The maximum atomic E-state index is 12.5. The van der Waals surface area contributed by atoms with Gasteiger partial charge in [0.1, 0.15) is 0 Å². The zero-order valence-electron chi connectivity index (χ0n) is 16.5. The van der Waals surface area contributed by atoms with Gasteiger partial charge in [0.15, 0.2) is 0 Å². The van der Waals surface area contributed by atoms with Crippen molar-refractivity contribution in [3.8, 4) is 5.88 Å². The second-order valence-electron chi connectivity index (χ2n) is 6.65. The lowest BCUT2D eigenvalue weighted by molar-refractivity contribution is 0.191. The summed E-state index contributed by atoms with van der Waals surface area (Å²) in [4.78, 5) is 19.3. The molecule has 3 rings (SSSR count). The van der Waals surface area contributed by atoms with Crippen LogP contribution in [0.3, 0.4) is 0 Å². The highest BCUT2D eigenvalue weighted by molar-refractivity contribution is 5.79. The number of hydrogen-bond donors (Lipinski definition) is 1. The molecule has 0 fully saturated rings. The first kappa shape index (κ1) is 19.8. The Morgan fingerprint density at radius 1 is 1.00 bits per heavy atom. The van der Waals surface area contributed by atoms with E-state index in [0.717, 1.165) is 42.5 Å². The lowest BCUT2D eigenvalue weighted by Gasteiger charge is -2.23. The van der Waals surface area contributed by atoms with Gasteiger partial charge in [-0.1, -0.05) is 62.4 Å². The van der Waals surface area contributed by atoms with Crippen LogP contribution in [-0.4, -0.2) is 35.6 Å². The molecule has 2 aromatic carbocycles. The zero-order valence-corrected chi connectivity index (χ0v) is 16.5. The fourth-order valence-electron chi connectivity index (χ4n) is 3.23. The van der Waals surface area contributed by atoms with Gasteiger partial charge in [-0.25, -0.2) is 9.78 Å². The van der Waals surface area contributed by atoms with Crippen LogP contribution in [0.4, 0.5) is 4.79 Å². The normalized spacial score (nSPS) is 12.1. The van der Waals surface area contributed by atoms with Gasteiger partial charge in [0.2, 0.25) is 5.88 Å². The Bertz CT molecular complexity index is 895. The van der Waals surface area contributed by atoms with Crippen molar-refractivity contribution in [2.75, 3.05) is 19.6 Å². The molecule has 1 unspecified atom stereocenters. The van der Waals surface area contributed by atoms with Crippen LogP contribution in [0.2, 0.25) is 0 Å². The fraction of sp³-hybridized carbons (Fsp3) is 0.304. The second-order valence-corrected chi connectivity index (χ2v) is 6.65. The minimum Gasteiger partial charge on any atom is -0.391 e. The fourth-order valence-corrected chi connectivity index (χ4v) is 3.23. The number of para-hydroxylation sites is 1. The lowest BCUT2D eigenvalue weighted by atomic mass is 10.0. The molecule has 28 heavy (non-hydrogen) atoms. The molecule has 0 saturated heterocycles. The van der Waals surface area contributed by atoms with Crippen molar-refractivity contribution < 1.29 is 9.53 Å². The summed E-state index contributed by atoms with van der Waals surface area (Å²) in [5.41, 5.74) is 1.87. The van der Waals surface area contributed by atoms with Crippen LogP contribution in [0.25, 0.3) is 10.9 Å². The molecule has 5 heteroatoms. The van der Waals surface area contributed by atoms with Gasteiger partial charge in [-0.2, -0.15) is 0 Å². The van der Waals surface area contributed by atoms with Gasteiger partial charge in [-0.3, -0.25) is 0 Å². The number of ether oxygens (including phenoxy) is 1. The van der Waals surface area contributed by atoms with Crippen LogP contribution in [0, 0.1) is 0 Å². The van der Waals surface area contributed by atoms with Crippen molar-refractivity contribution in [3.05, 3.63) is 72.3 Å². The number of amides is 1. The number of pyridine rings is 1. The van der Waals surface area contributed by atoms with Gasteiger partial charge >= 0.3 is 6.09 Å². The van der Waals surface area contributed by atoms with Crippen molar-refractivity contribution in [2.45, 2.75) is 26.3 Å². The van der Waals surface area contributed by atoms with Crippen LogP contribution in [0.1, 0.15) is 31.9 Å². The molecule has 0 bridgehead atoms. The van der Waals surface area contributed by atoms with E-state index in [1.165, 1.54) is 0 Å². The van der Waals surface area contributed by atoms with Gasteiger partial charge in [0.25, 0.3) is 0 Å². The smallest absolute Gasteiger partial charge is 0.391 e. The number of nitrogens with zero attached hydrogens (tertiary/aromatic N) is 2. The maximum absolute atomic E-state index is 12.5. The van der Waals surface area contributed by atoms with Crippen LogP contribution in [0.5, 0.6) is 5.88 Å². The van der Waals surface area contributed by atoms with Gasteiger partial charge in [0.05, 0.1) is 11.6 Å². The maximum Gasteiger partial charge on any atom is 0.414 e. The summed E-state index contributed by atoms with van der Waals surface area (Å²) in [7, 11) is 0. The van der Waals surface area contributed by atoms with E-state index >= 15 is 0 Å². The Kier molecular flexibility index (Phi) is 6.98. The van der Waals surface area contributed by atoms with Gasteiger partial charge in [-0.05, 0) is 37.2 Å². The first-order valence-corrected chi connectivity index (χ1v) is 9.81. The van der Waals surface area contributed by atoms with E-state index in [1.807, 2.05) is 60.7 Å². The van der Waals surface area contributed by atoms with E-state index in [4.69, 9.17) is 4.74 Å². The van der Waals surface area contributed by atoms with E-state index in [1.54, 1.807) is 6.07 Å². The minimum atomic E-state index is -0.490. The molecular weight excluding hydrogens is 350 g/mol. The Hall–Kier alpha value is -2.92. The molecule has 1 amide bonds. The molecule has 0 radical (unpaired) electrons. The quantitative estimate of drug-likeness (QED) is 0.613.